The Morgan fingerprint density at radius 2 is 2.17 bits per heavy atom. The molecule has 2 fully saturated rings. The van der Waals surface area contributed by atoms with Crippen molar-refractivity contribution in [2.45, 2.75) is 25.8 Å². The molecule has 2 saturated heterocycles. The SMILES string of the molecule is CN1CCC2(CCCN(Cc3cc(Cl)ccc3OCC(=O)O)C2)C1. The van der Waals surface area contributed by atoms with Crippen molar-refractivity contribution in [2.24, 2.45) is 5.41 Å². The lowest BCUT2D eigenvalue weighted by Gasteiger charge is -2.40. The number of carboxylic acid groups (broad SMARTS) is 1. The quantitative estimate of drug-likeness (QED) is 0.883. The van der Waals surface area contributed by atoms with Crippen molar-refractivity contribution in [2.75, 3.05) is 39.8 Å². The third-order valence-electron chi connectivity index (χ3n) is 5.14. The zero-order chi connectivity index (χ0) is 17.2. The normalized spacial score (nSPS) is 25.2. The summed E-state index contributed by atoms with van der Waals surface area (Å²) < 4.78 is 5.44. The summed E-state index contributed by atoms with van der Waals surface area (Å²) in [7, 11) is 2.20. The fourth-order valence-corrected chi connectivity index (χ4v) is 4.32. The van der Waals surface area contributed by atoms with Crippen molar-refractivity contribution < 1.29 is 14.6 Å². The van der Waals surface area contributed by atoms with E-state index in [-0.39, 0.29) is 6.61 Å². The minimum absolute atomic E-state index is 0.330. The molecular formula is C18H25ClN2O3. The van der Waals surface area contributed by atoms with Crippen LogP contribution in [0.15, 0.2) is 18.2 Å². The van der Waals surface area contributed by atoms with Crippen LogP contribution in [-0.2, 0) is 11.3 Å². The van der Waals surface area contributed by atoms with Crippen molar-refractivity contribution >= 4 is 17.6 Å². The molecule has 1 aromatic rings. The zero-order valence-corrected chi connectivity index (χ0v) is 14.9. The van der Waals surface area contributed by atoms with Crippen LogP contribution in [0.25, 0.3) is 0 Å². The van der Waals surface area contributed by atoms with Crippen molar-refractivity contribution in [3.05, 3.63) is 28.8 Å². The van der Waals surface area contributed by atoms with Crippen molar-refractivity contribution in [3.8, 4) is 5.75 Å². The predicted octanol–water partition coefficient (Wildman–Crippen LogP) is 2.72. The average Bonchev–Trinajstić information content (AvgIpc) is 2.86. The average molecular weight is 353 g/mol. The molecule has 0 aromatic heterocycles. The maximum Gasteiger partial charge on any atom is 0.341 e. The van der Waals surface area contributed by atoms with E-state index >= 15 is 0 Å². The van der Waals surface area contributed by atoms with E-state index in [1.54, 1.807) is 12.1 Å². The summed E-state index contributed by atoms with van der Waals surface area (Å²) in [5.74, 6) is -0.355. The van der Waals surface area contributed by atoms with Crippen LogP contribution in [0.3, 0.4) is 0 Å². The van der Waals surface area contributed by atoms with Gasteiger partial charge in [0.1, 0.15) is 5.75 Å². The second-order valence-electron chi connectivity index (χ2n) is 7.24. The van der Waals surface area contributed by atoms with Crippen LogP contribution in [0.5, 0.6) is 5.75 Å². The van der Waals surface area contributed by atoms with Gasteiger partial charge in [-0.15, -0.1) is 0 Å². The monoisotopic (exact) mass is 352 g/mol. The predicted molar refractivity (Wildman–Crippen MR) is 93.6 cm³/mol. The van der Waals surface area contributed by atoms with Crippen LogP contribution in [-0.4, -0.2) is 60.7 Å². The third-order valence-corrected chi connectivity index (χ3v) is 5.37. The largest absolute Gasteiger partial charge is 0.482 e. The van der Waals surface area contributed by atoms with Crippen LogP contribution >= 0.6 is 11.6 Å². The van der Waals surface area contributed by atoms with Crippen LogP contribution in [0.4, 0.5) is 0 Å². The standard InChI is InChI=1S/C18H25ClN2O3/c1-20-8-6-18(12-20)5-2-7-21(13-18)10-14-9-15(19)3-4-16(14)24-11-17(22)23/h3-4,9H,2,5-8,10-13H2,1H3,(H,22,23). The van der Waals surface area contributed by atoms with Crippen LogP contribution in [0, 0.1) is 5.41 Å². The number of benzene rings is 1. The molecule has 24 heavy (non-hydrogen) atoms. The summed E-state index contributed by atoms with van der Waals surface area (Å²) >= 11 is 6.14. The van der Waals surface area contributed by atoms with Gasteiger partial charge in [-0.25, -0.2) is 4.79 Å². The first kappa shape index (κ1) is 17.5. The second-order valence-corrected chi connectivity index (χ2v) is 7.67. The molecule has 0 amide bonds. The van der Waals surface area contributed by atoms with E-state index in [0.717, 1.165) is 25.2 Å². The second kappa shape index (κ2) is 7.30. The van der Waals surface area contributed by atoms with Gasteiger partial charge in [0.05, 0.1) is 0 Å². The van der Waals surface area contributed by atoms with E-state index in [2.05, 4.69) is 16.8 Å². The first-order valence-corrected chi connectivity index (χ1v) is 8.88. The van der Waals surface area contributed by atoms with Crippen LogP contribution < -0.4 is 4.74 Å². The number of piperidine rings is 1. The Kier molecular flexibility index (Phi) is 5.33. The number of carbonyl (C=O) groups is 1. The number of carboxylic acids is 1. The molecule has 0 bridgehead atoms. The van der Waals surface area contributed by atoms with Crippen molar-refractivity contribution in [1.82, 2.24) is 9.80 Å². The zero-order valence-electron chi connectivity index (χ0n) is 14.1. The molecule has 0 saturated carbocycles. The molecule has 2 heterocycles. The highest BCUT2D eigenvalue weighted by Gasteiger charge is 2.40. The summed E-state index contributed by atoms with van der Waals surface area (Å²) in [5, 5.41) is 9.49. The molecular weight excluding hydrogens is 328 g/mol. The van der Waals surface area contributed by atoms with E-state index < -0.39 is 5.97 Å². The third kappa shape index (κ3) is 4.21. The molecule has 1 aromatic carbocycles. The molecule has 0 radical (unpaired) electrons. The summed E-state index contributed by atoms with van der Waals surface area (Å²) in [6.07, 6.45) is 3.77. The first-order valence-electron chi connectivity index (χ1n) is 8.50. The van der Waals surface area contributed by atoms with Gasteiger partial charge in [0.15, 0.2) is 6.61 Å². The Morgan fingerprint density at radius 1 is 1.33 bits per heavy atom. The fourth-order valence-electron chi connectivity index (χ4n) is 4.13. The number of hydrogen-bond acceptors (Lipinski definition) is 4. The molecule has 132 valence electrons. The highest BCUT2D eigenvalue weighted by molar-refractivity contribution is 6.30. The molecule has 1 unspecified atom stereocenters. The number of nitrogens with zero attached hydrogens (tertiary/aromatic N) is 2. The lowest BCUT2D eigenvalue weighted by Crippen LogP contribution is -2.44. The molecule has 2 aliphatic rings. The lowest BCUT2D eigenvalue weighted by atomic mass is 9.79. The van der Waals surface area contributed by atoms with Crippen molar-refractivity contribution in [1.29, 1.82) is 0 Å². The van der Waals surface area contributed by atoms with Crippen LogP contribution in [0.2, 0.25) is 5.02 Å². The minimum Gasteiger partial charge on any atom is -0.482 e. The summed E-state index contributed by atoms with van der Waals surface area (Å²) in [4.78, 5) is 15.7. The molecule has 1 N–H and O–H groups in total. The highest BCUT2D eigenvalue weighted by Crippen LogP contribution is 2.39. The van der Waals surface area contributed by atoms with E-state index in [1.807, 2.05) is 6.07 Å². The number of rotatable bonds is 5. The van der Waals surface area contributed by atoms with Gasteiger partial charge in [0.2, 0.25) is 0 Å². The Hall–Kier alpha value is -1.30. The van der Waals surface area contributed by atoms with E-state index in [0.29, 0.717) is 16.2 Å². The molecule has 5 nitrogen and oxygen atoms in total. The molecule has 2 aliphatic heterocycles. The Balaban J connectivity index is 1.70. The number of halogens is 1. The van der Waals surface area contributed by atoms with Gasteiger partial charge in [0.25, 0.3) is 0 Å². The Labute approximate surface area is 148 Å². The fraction of sp³-hybridized carbons (Fsp3) is 0.611. The molecule has 1 spiro atoms. The van der Waals surface area contributed by atoms with Gasteiger partial charge in [-0.2, -0.15) is 0 Å². The summed E-state index contributed by atoms with van der Waals surface area (Å²) in [6, 6.07) is 5.40. The molecule has 3 rings (SSSR count). The number of hydrogen-bond donors (Lipinski definition) is 1. The topological polar surface area (TPSA) is 53.0 Å². The maximum atomic E-state index is 10.8. The maximum absolute atomic E-state index is 10.8. The number of likely N-dealkylation sites (tertiary alicyclic amines) is 2. The smallest absolute Gasteiger partial charge is 0.341 e. The molecule has 0 aliphatic carbocycles. The van der Waals surface area contributed by atoms with Crippen LogP contribution in [0.1, 0.15) is 24.8 Å². The summed E-state index contributed by atoms with van der Waals surface area (Å²) in [6.45, 7) is 4.92. The molecule has 6 heteroatoms. The molecule has 1 atom stereocenters. The van der Waals surface area contributed by atoms with Gasteiger partial charge < -0.3 is 14.7 Å². The van der Waals surface area contributed by atoms with Gasteiger partial charge >= 0.3 is 5.97 Å². The highest BCUT2D eigenvalue weighted by atomic mass is 35.5. The van der Waals surface area contributed by atoms with E-state index in [1.165, 1.54) is 32.4 Å². The first-order chi connectivity index (χ1) is 11.5. The minimum atomic E-state index is -0.971. The van der Waals surface area contributed by atoms with Crippen molar-refractivity contribution in [3.63, 3.8) is 0 Å². The Bertz CT molecular complexity index is 606. The number of ether oxygens (including phenoxy) is 1. The summed E-state index contributed by atoms with van der Waals surface area (Å²) in [5.41, 5.74) is 1.38. The Morgan fingerprint density at radius 3 is 2.88 bits per heavy atom. The van der Waals surface area contributed by atoms with E-state index in [4.69, 9.17) is 21.4 Å². The number of aliphatic carboxylic acids is 1. The van der Waals surface area contributed by atoms with Gasteiger partial charge in [-0.05, 0) is 63.0 Å². The lowest BCUT2D eigenvalue weighted by molar-refractivity contribution is -0.139. The van der Waals surface area contributed by atoms with Gasteiger partial charge in [-0.1, -0.05) is 11.6 Å². The van der Waals surface area contributed by atoms with Gasteiger partial charge in [-0.3, -0.25) is 4.90 Å². The van der Waals surface area contributed by atoms with Gasteiger partial charge in [0, 0.05) is 30.2 Å². The van der Waals surface area contributed by atoms with E-state index in [9.17, 15) is 4.79 Å².